The van der Waals surface area contributed by atoms with Crippen LogP contribution in [0.1, 0.15) is 27.2 Å². The molecule has 30 heavy (non-hydrogen) atoms. The molecule has 1 N–H and O–H groups in total. The number of hydrogen-bond acceptors (Lipinski definition) is 4. The fourth-order valence-corrected chi connectivity index (χ4v) is 3.02. The first-order valence-corrected chi connectivity index (χ1v) is 9.82. The molecule has 0 saturated heterocycles. The Bertz CT molecular complexity index is 948. The zero-order valence-corrected chi connectivity index (χ0v) is 17.3. The lowest BCUT2D eigenvalue weighted by atomic mass is 10.1. The van der Waals surface area contributed by atoms with Gasteiger partial charge in [-0.25, -0.2) is 0 Å². The zero-order chi connectivity index (χ0) is 21.3. The smallest absolute Gasteiger partial charge is 0.294 e. The van der Waals surface area contributed by atoms with Crippen molar-refractivity contribution in [2.45, 2.75) is 19.9 Å². The molecule has 1 aromatic heterocycles. The highest BCUT2D eigenvalue weighted by Gasteiger charge is 2.20. The van der Waals surface area contributed by atoms with E-state index in [0.29, 0.717) is 19.7 Å². The van der Waals surface area contributed by atoms with E-state index < -0.39 is 0 Å². The number of aryl methyl sites for hydroxylation is 1. The van der Waals surface area contributed by atoms with Gasteiger partial charge in [0.1, 0.15) is 0 Å². The van der Waals surface area contributed by atoms with Crippen LogP contribution in [0.2, 0.25) is 0 Å². The number of furan rings is 1. The second kappa shape index (κ2) is 10.4. The number of carbonyl (C=O) groups excluding carboxylic acids is 2. The van der Waals surface area contributed by atoms with Crippen LogP contribution < -0.4 is 10.2 Å². The van der Waals surface area contributed by atoms with E-state index in [4.69, 9.17) is 9.15 Å². The second-order valence-corrected chi connectivity index (χ2v) is 7.04. The number of methoxy groups -OCH3 is 1. The van der Waals surface area contributed by atoms with Crippen LogP contribution in [0.3, 0.4) is 0 Å². The van der Waals surface area contributed by atoms with Crippen molar-refractivity contribution in [3.63, 3.8) is 0 Å². The summed E-state index contributed by atoms with van der Waals surface area (Å²) in [6, 6.07) is 18.9. The number of rotatable bonds is 9. The summed E-state index contributed by atoms with van der Waals surface area (Å²) in [7, 11) is 1.59. The van der Waals surface area contributed by atoms with Crippen LogP contribution in [-0.2, 0) is 22.5 Å². The molecular formula is C24H26N2O4. The predicted molar refractivity (Wildman–Crippen MR) is 115 cm³/mol. The van der Waals surface area contributed by atoms with Gasteiger partial charge in [0.2, 0.25) is 5.91 Å². The molecular weight excluding hydrogens is 380 g/mol. The molecule has 6 heteroatoms. The molecule has 0 bridgehead atoms. The number of nitrogens with zero attached hydrogens (tertiary/aromatic N) is 1. The molecule has 3 rings (SSSR count). The van der Waals surface area contributed by atoms with Crippen molar-refractivity contribution >= 4 is 17.5 Å². The molecule has 1 heterocycles. The molecule has 0 unspecified atom stereocenters. The Balaban J connectivity index is 1.76. The summed E-state index contributed by atoms with van der Waals surface area (Å²) in [6.07, 6.45) is 1.76. The molecule has 0 aliphatic carbocycles. The lowest BCUT2D eigenvalue weighted by molar-refractivity contribution is -0.120. The van der Waals surface area contributed by atoms with Gasteiger partial charge in [-0.2, -0.15) is 0 Å². The lowest BCUT2D eigenvalue weighted by Crippen LogP contribution is -2.30. The number of anilines is 1. The summed E-state index contributed by atoms with van der Waals surface area (Å²) >= 11 is 0. The molecule has 0 aliphatic rings. The Morgan fingerprint density at radius 1 is 1.00 bits per heavy atom. The van der Waals surface area contributed by atoms with Crippen molar-refractivity contribution in [3.05, 3.63) is 89.4 Å². The van der Waals surface area contributed by atoms with Gasteiger partial charge in [-0.15, -0.1) is 0 Å². The third kappa shape index (κ3) is 5.81. The van der Waals surface area contributed by atoms with Gasteiger partial charge in [0.15, 0.2) is 5.76 Å². The van der Waals surface area contributed by atoms with E-state index in [1.807, 2.05) is 55.5 Å². The first-order valence-electron chi connectivity index (χ1n) is 9.82. The maximum atomic E-state index is 13.0. The highest BCUT2D eigenvalue weighted by Crippen LogP contribution is 2.22. The lowest BCUT2D eigenvalue weighted by Gasteiger charge is -2.22. The fourth-order valence-electron chi connectivity index (χ4n) is 3.02. The van der Waals surface area contributed by atoms with Crippen molar-refractivity contribution in [1.29, 1.82) is 0 Å². The summed E-state index contributed by atoms with van der Waals surface area (Å²) in [5, 5.41) is 2.80. The Kier molecular flexibility index (Phi) is 7.40. The van der Waals surface area contributed by atoms with Gasteiger partial charge in [0, 0.05) is 19.3 Å². The molecule has 0 spiro atoms. The number of hydrogen-bond donors (Lipinski definition) is 1. The molecule has 6 nitrogen and oxygen atoms in total. The number of carbonyl (C=O) groups is 2. The maximum Gasteiger partial charge on any atom is 0.294 e. The minimum atomic E-state index is -0.217. The molecule has 3 aromatic rings. The van der Waals surface area contributed by atoms with Gasteiger partial charge in [-0.05, 0) is 42.3 Å². The van der Waals surface area contributed by atoms with Crippen molar-refractivity contribution < 1.29 is 18.7 Å². The van der Waals surface area contributed by atoms with Crippen LogP contribution in [0.5, 0.6) is 0 Å². The van der Waals surface area contributed by atoms with Crippen LogP contribution in [0.25, 0.3) is 0 Å². The standard InChI is InChI=1S/C24H26N2O4/c1-18-5-7-20(8-6-18)17-26(24(28)22-4-3-14-30-22)21-11-9-19(10-12-21)16-23(27)25-13-15-29-2/h3-12,14H,13,15-17H2,1-2H3,(H,25,27). The number of amides is 2. The molecule has 0 saturated carbocycles. The van der Waals surface area contributed by atoms with Crippen LogP contribution >= 0.6 is 0 Å². The van der Waals surface area contributed by atoms with E-state index in [0.717, 1.165) is 22.4 Å². The van der Waals surface area contributed by atoms with Crippen molar-refractivity contribution in [2.75, 3.05) is 25.2 Å². The summed E-state index contributed by atoms with van der Waals surface area (Å²) < 4.78 is 10.3. The van der Waals surface area contributed by atoms with Gasteiger partial charge in [-0.1, -0.05) is 42.0 Å². The van der Waals surface area contributed by atoms with Crippen molar-refractivity contribution in [2.24, 2.45) is 0 Å². The minimum absolute atomic E-state index is 0.0667. The fraction of sp³-hybridized carbons (Fsp3) is 0.250. The van der Waals surface area contributed by atoms with Crippen LogP contribution in [-0.4, -0.2) is 32.1 Å². The number of ether oxygens (including phenoxy) is 1. The summed E-state index contributed by atoms with van der Waals surface area (Å²) in [5.74, 6) is -0.00249. The van der Waals surface area contributed by atoms with Gasteiger partial charge >= 0.3 is 0 Å². The molecule has 156 valence electrons. The maximum absolute atomic E-state index is 13.0. The van der Waals surface area contributed by atoms with E-state index in [2.05, 4.69) is 5.32 Å². The topological polar surface area (TPSA) is 71.8 Å². The van der Waals surface area contributed by atoms with Crippen molar-refractivity contribution in [3.8, 4) is 0 Å². The van der Waals surface area contributed by atoms with E-state index in [1.54, 1.807) is 24.1 Å². The Labute approximate surface area is 176 Å². The third-order valence-electron chi connectivity index (χ3n) is 4.68. The normalized spacial score (nSPS) is 10.6. The molecule has 0 aliphatic heterocycles. The average molecular weight is 406 g/mol. The van der Waals surface area contributed by atoms with Crippen molar-refractivity contribution in [1.82, 2.24) is 5.32 Å². The molecule has 2 aromatic carbocycles. The second-order valence-electron chi connectivity index (χ2n) is 7.04. The van der Waals surface area contributed by atoms with E-state index in [-0.39, 0.29) is 24.0 Å². The van der Waals surface area contributed by atoms with Crippen LogP contribution in [0.4, 0.5) is 5.69 Å². The first kappa shape index (κ1) is 21.3. The van der Waals surface area contributed by atoms with Gasteiger partial charge in [-0.3, -0.25) is 9.59 Å². The summed E-state index contributed by atoms with van der Waals surface area (Å²) in [4.78, 5) is 26.7. The SMILES string of the molecule is COCCNC(=O)Cc1ccc(N(Cc2ccc(C)cc2)C(=O)c2ccco2)cc1. The Morgan fingerprint density at radius 2 is 1.70 bits per heavy atom. The van der Waals surface area contributed by atoms with Gasteiger partial charge in [0.25, 0.3) is 5.91 Å². The zero-order valence-electron chi connectivity index (χ0n) is 17.3. The highest BCUT2D eigenvalue weighted by molar-refractivity contribution is 6.04. The quantitative estimate of drug-likeness (QED) is 0.550. The molecule has 2 amide bonds. The molecule has 0 atom stereocenters. The molecule has 0 radical (unpaired) electrons. The van der Waals surface area contributed by atoms with Crippen LogP contribution in [0.15, 0.2) is 71.3 Å². The predicted octanol–water partition coefficient (Wildman–Crippen LogP) is 3.74. The number of nitrogens with one attached hydrogen (secondary N) is 1. The van der Waals surface area contributed by atoms with E-state index in [1.165, 1.54) is 6.26 Å². The van der Waals surface area contributed by atoms with Crippen LogP contribution in [0, 0.1) is 6.92 Å². The summed E-state index contributed by atoms with van der Waals surface area (Å²) in [6.45, 7) is 3.40. The Morgan fingerprint density at radius 3 is 2.33 bits per heavy atom. The average Bonchev–Trinajstić information content (AvgIpc) is 3.29. The summed E-state index contributed by atoms with van der Waals surface area (Å²) in [5.41, 5.74) is 3.79. The monoisotopic (exact) mass is 406 g/mol. The largest absolute Gasteiger partial charge is 0.459 e. The minimum Gasteiger partial charge on any atom is -0.459 e. The van der Waals surface area contributed by atoms with E-state index in [9.17, 15) is 9.59 Å². The van der Waals surface area contributed by atoms with Gasteiger partial charge < -0.3 is 19.4 Å². The van der Waals surface area contributed by atoms with E-state index >= 15 is 0 Å². The first-order chi connectivity index (χ1) is 14.6. The highest BCUT2D eigenvalue weighted by atomic mass is 16.5. The number of benzene rings is 2. The van der Waals surface area contributed by atoms with Gasteiger partial charge in [0.05, 0.1) is 25.8 Å². The Hall–Kier alpha value is -3.38. The molecule has 0 fully saturated rings. The third-order valence-corrected chi connectivity index (χ3v) is 4.68.